The van der Waals surface area contributed by atoms with Gasteiger partial charge in [-0.15, -0.1) is 0 Å². The Morgan fingerprint density at radius 3 is 1.56 bits per heavy atom. The predicted octanol–water partition coefficient (Wildman–Crippen LogP) is 7.74. The fraction of sp³-hybridized carbons (Fsp3) is 1.00. The summed E-state index contributed by atoms with van der Waals surface area (Å²) >= 11 is 0. The molecule has 0 aliphatic carbocycles. The Morgan fingerprint density at radius 2 is 1.05 bits per heavy atom. The number of aliphatic hydroxyl groups excluding tert-OH is 2. The maximum Gasteiger partial charge on any atom is 0.0701 e. The minimum Gasteiger partial charge on any atom is -0.392 e. The molecular formula is C35H74N2O4. The van der Waals surface area contributed by atoms with E-state index in [2.05, 4.69) is 31.0 Å². The molecule has 0 saturated carbocycles. The quantitative estimate of drug-likeness (QED) is 0.0670. The first kappa shape index (κ1) is 40.8. The smallest absolute Gasteiger partial charge is 0.0701 e. The molecule has 0 amide bonds. The van der Waals surface area contributed by atoms with E-state index < -0.39 is 0 Å². The summed E-state index contributed by atoms with van der Waals surface area (Å²) in [6.07, 6.45) is 24.9. The van der Waals surface area contributed by atoms with Gasteiger partial charge >= 0.3 is 0 Å². The first-order chi connectivity index (χ1) is 20.0. The molecule has 0 radical (unpaired) electrons. The Labute approximate surface area is 256 Å². The van der Waals surface area contributed by atoms with Gasteiger partial charge in [0.25, 0.3) is 0 Å². The molecule has 0 fully saturated rings. The van der Waals surface area contributed by atoms with E-state index in [1.165, 1.54) is 109 Å². The van der Waals surface area contributed by atoms with Gasteiger partial charge in [-0.25, -0.2) is 0 Å². The number of aliphatic hydroxyl groups is 2. The summed E-state index contributed by atoms with van der Waals surface area (Å²) in [4.78, 5) is 2.22. The van der Waals surface area contributed by atoms with Gasteiger partial charge in [-0.1, -0.05) is 136 Å². The number of nitrogens with zero attached hydrogens (tertiary/aromatic N) is 1. The summed E-state index contributed by atoms with van der Waals surface area (Å²) in [7, 11) is 1.92. The molecule has 0 bridgehead atoms. The first-order valence-electron chi connectivity index (χ1n) is 17.9. The van der Waals surface area contributed by atoms with Crippen LogP contribution in [0.15, 0.2) is 0 Å². The molecule has 0 spiro atoms. The SMILES string of the molecule is CCCCCCCCCCCCC(O)CN(CCOCCOCCNC)CC(O)C(C)CCCCCCCCCC. The summed E-state index contributed by atoms with van der Waals surface area (Å²) in [5.74, 6) is 0.276. The van der Waals surface area contributed by atoms with E-state index in [9.17, 15) is 10.2 Å². The summed E-state index contributed by atoms with van der Waals surface area (Å²) in [5.41, 5.74) is 0. The number of ether oxygens (including phenoxy) is 2. The number of hydrogen-bond donors (Lipinski definition) is 3. The maximum absolute atomic E-state index is 11.0. The second-order valence-corrected chi connectivity index (χ2v) is 12.5. The molecule has 0 aromatic carbocycles. The highest BCUT2D eigenvalue weighted by Crippen LogP contribution is 2.17. The monoisotopic (exact) mass is 587 g/mol. The molecule has 6 nitrogen and oxygen atoms in total. The van der Waals surface area contributed by atoms with E-state index >= 15 is 0 Å². The van der Waals surface area contributed by atoms with Crippen molar-refractivity contribution in [3.05, 3.63) is 0 Å². The minimum absolute atomic E-state index is 0.276. The van der Waals surface area contributed by atoms with Crippen molar-refractivity contribution < 1.29 is 19.7 Å². The molecule has 0 aromatic heterocycles. The Hall–Kier alpha value is -0.240. The van der Waals surface area contributed by atoms with Crippen LogP contribution in [0, 0.1) is 5.92 Å². The first-order valence-corrected chi connectivity index (χ1v) is 17.9. The van der Waals surface area contributed by atoms with Crippen LogP contribution >= 0.6 is 0 Å². The van der Waals surface area contributed by atoms with Gasteiger partial charge in [0, 0.05) is 26.2 Å². The van der Waals surface area contributed by atoms with Crippen molar-refractivity contribution in [2.45, 2.75) is 161 Å². The van der Waals surface area contributed by atoms with Crippen LogP contribution < -0.4 is 5.32 Å². The molecule has 3 atom stereocenters. The lowest BCUT2D eigenvalue weighted by Crippen LogP contribution is -2.42. The van der Waals surface area contributed by atoms with Crippen molar-refractivity contribution in [3.63, 3.8) is 0 Å². The van der Waals surface area contributed by atoms with Crippen molar-refractivity contribution >= 4 is 0 Å². The van der Waals surface area contributed by atoms with Crippen LogP contribution in [0.2, 0.25) is 0 Å². The number of hydrogen-bond acceptors (Lipinski definition) is 6. The zero-order chi connectivity index (χ0) is 30.2. The van der Waals surface area contributed by atoms with Crippen molar-refractivity contribution in [2.75, 3.05) is 59.7 Å². The Kier molecular flexibility index (Phi) is 32.5. The highest BCUT2D eigenvalue weighted by Gasteiger charge is 2.20. The van der Waals surface area contributed by atoms with Crippen molar-refractivity contribution in [2.24, 2.45) is 5.92 Å². The predicted molar refractivity (Wildman–Crippen MR) is 177 cm³/mol. The Morgan fingerprint density at radius 1 is 0.585 bits per heavy atom. The molecule has 41 heavy (non-hydrogen) atoms. The van der Waals surface area contributed by atoms with Crippen LogP contribution in [0.1, 0.15) is 149 Å². The Bertz CT molecular complexity index is 497. The third kappa shape index (κ3) is 29.6. The highest BCUT2D eigenvalue weighted by atomic mass is 16.5. The molecule has 0 saturated heterocycles. The topological polar surface area (TPSA) is 74.2 Å². The van der Waals surface area contributed by atoms with Crippen LogP contribution in [0.3, 0.4) is 0 Å². The molecule has 3 N–H and O–H groups in total. The van der Waals surface area contributed by atoms with E-state index in [4.69, 9.17) is 9.47 Å². The van der Waals surface area contributed by atoms with E-state index in [-0.39, 0.29) is 18.1 Å². The van der Waals surface area contributed by atoms with Gasteiger partial charge in [-0.2, -0.15) is 0 Å². The molecule has 0 heterocycles. The zero-order valence-electron chi connectivity index (χ0n) is 28.2. The van der Waals surface area contributed by atoms with Crippen LogP contribution in [0.4, 0.5) is 0 Å². The van der Waals surface area contributed by atoms with Crippen molar-refractivity contribution in [3.8, 4) is 0 Å². The van der Waals surface area contributed by atoms with Gasteiger partial charge in [0.2, 0.25) is 0 Å². The fourth-order valence-corrected chi connectivity index (χ4v) is 5.44. The van der Waals surface area contributed by atoms with Crippen LogP contribution in [0.5, 0.6) is 0 Å². The van der Waals surface area contributed by atoms with Gasteiger partial charge in [-0.05, 0) is 25.8 Å². The minimum atomic E-state index is -0.367. The average molecular weight is 587 g/mol. The zero-order valence-corrected chi connectivity index (χ0v) is 28.2. The highest BCUT2D eigenvalue weighted by molar-refractivity contribution is 4.73. The van der Waals surface area contributed by atoms with Gasteiger partial charge in [0.05, 0.1) is 38.6 Å². The molecule has 248 valence electrons. The molecule has 6 heteroatoms. The van der Waals surface area contributed by atoms with Crippen molar-refractivity contribution in [1.29, 1.82) is 0 Å². The summed E-state index contributed by atoms with van der Waals surface area (Å²) in [6, 6.07) is 0. The lowest BCUT2D eigenvalue weighted by Gasteiger charge is -2.29. The van der Waals surface area contributed by atoms with Gasteiger partial charge in [0.15, 0.2) is 0 Å². The van der Waals surface area contributed by atoms with E-state index in [1.54, 1.807) is 0 Å². The summed E-state index contributed by atoms with van der Waals surface area (Å²) < 4.78 is 11.4. The third-order valence-corrected chi connectivity index (χ3v) is 8.40. The van der Waals surface area contributed by atoms with E-state index in [0.717, 1.165) is 32.4 Å². The second-order valence-electron chi connectivity index (χ2n) is 12.5. The van der Waals surface area contributed by atoms with Gasteiger partial charge < -0.3 is 25.0 Å². The number of likely N-dealkylation sites (N-methyl/N-ethyl adjacent to an activating group) is 1. The van der Waals surface area contributed by atoms with Crippen LogP contribution in [-0.4, -0.2) is 87.0 Å². The lowest BCUT2D eigenvalue weighted by atomic mass is 9.96. The summed E-state index contributed by atoms with van der Waals surface area (Å²) in [5, 5.41) is 24.9. The normalized spacial score (nSPS) is 14.1. The lowest BCUT2D eigenvalue weighted by molar-refractivity contribution is 0.0107. The van der Waals surface area contributed by atoms with Crippen molar-refractivity contribution in [1.82, 2.24) is 10.2 Å². The molecule has 3 unspecified atom stereocenters. The fourth-order valence-electron chi connectivity index (χ4n) is 5.44. The standard InChI is InChI=1S/C35H74N2O4/c1-5-7-9-11-13-15-16-18-20-22-24-34(38)31-37(26-28-41-30-29-40-27-25-36-4)32-35(39)33(3)23-21-19-17-14-12-10-8-6-2/h33-36,38-39H,5-32H2,1-4H3. The molecular weight excluding hydrogens is 512 g/mol. The summed E-state index contributed by atoms with van der Waals surface area (Å²) in [6.45, 7) is 12.0. The van der Waals surface area contributed by atoms with Gasteiger partial charge in [-0.3, -0.25) is 4.90 Å². The van der Waals surface area contributed by atoms with Gasteiger partial charge in [0.1, 0.15) is 0 Å². The molecule has 0 aliphatic rings. The van der Waals surface area contributed by atoms with E-state index in [1.807, 2.05) is 7.05 Å². The van der Waals surface area contributed by atoms with Crippen LogP contribution in [0.25, 0.3) is 0 Å². The molecule has 0 aromatic rings. The molecule has 0 rings (SSSR count). The second kappa shape index (κ2) is 32.7. The number of unbranched alkanes of at least 4 members (excludes halogenated alkanes) is 16. The largest absolute Gasteiger partial charge is 0.392 e. The molecule has 0 aliphatic heterocycles. The number of nitrogens with one attached hydrogen (secondary N) is 1. The van der Waals surface area contributed by atoms with Crippen LogP contribution in [-0.2, 0) is 9.47 Å². The Balaban J connectivity index is 4.31. The average Bonchev–Trinajstić information content (AvgIpc) is 2.96. The van der Waals surface area contributed by atoms with E-state index in [0.29, 0.717) is 39.5 Å². The number of rotatable bonds is 34. The third-order valence-electron chi connectivity index (χ3n) is 8.40. The maximum atomic E-state index is 11.0.